The number of furan rings is 1. The summed E-state index contributed by atoms with van der Waals surface area (Å²) >= 11 is 0. The molecule has 10 heteroatoms. The van der Waals surface area contributed by atoms with Crippen LogP contribution in [0.3, 0.4) is 0 Å². The highest BCUT2D eigenvalue weighted by atomic mass is 19.1. The average molecular weight is 583 g/mol. The number of methoxy groups -OCH3 is 1. The van der Waals surface area contributed by atoms with Gasteiger partial charge in [0.25, 0.3) is 5.91 Å². The summed E-state index contributed by atoms with van der Waals surface area (Å²) < 4.78 is 25.8. The number of fused-ring (bicyclic) bond motifs is 1. The van der Waals surface area contributed by atoms with Crippen LogP contribution in [-0.2, 0) is 0 Å². The molecular weight excluding hydrogens is 547 g/mol. The van der Waals surface area contributed by atoms with Crippen molar-refractivity contribution in [2.24, 2.45) is 11.7 Å². The van der Waals surface area contributed by atoms with Gasteiger partial charge in [0.15, 0.2) is 11.3 Å². The van der Waals surface area contributed by atoms with E-state index in [-0.39, 0.29) is 11.9 Å². The molecule has 9 nitrogen and oxygen atoms in total. The van der Waals surface area contributed by atoms with Crippen LogP contribution in [-0.4, -0.2) is 54.8 Å². The van der Waals surface area contributed by atoms with Crippen molar-refractivity contribution in [3.63, 3.8) is 0 Å². The highest BCUT2D eigenvalue weighted by molar-refractivity contribution is 5.96. The fourth-order valence-electron chi connectivity index (χ4n) is 6.35. The van der Waals surface area contributed by atoms with Crippen LogP contribution in [0.15, 0.2) is 53.2 Å². The van der Waals surface area contributed by atoms with E-state index in [1.54, 1.807) is 24.4 Å². The number of aromatic nitrogens is 2. The Morgan fingerprint density at radius 3 is 2.77 bits per heavy atom. The van der Waals surface area contributed by atoms with Gasteiger partial charge in [-0.05, 0) is 55.0 Å². The molecule has 1 amide bonds. The molecule has 1 aliphatic heterocycles. The fourth-order valence-corrected chi connectivity index (χ4v) is 6.35. The van der Waals surface area contributed by atoms with Crippen molar-refractivity contribution >= 4 is 22.7 Å². The number of halogens is 1. The lowest BCUT2D eigenvalue weighted by Crippen LogP contribution is -2.45. The number of carbonyl (C=O) groups excluding carboxylic acids is 1. The third kappa shape index (κ3) is 5.77. The molecule has 3 N–H and O–H groups in total. The van der Waals surface area contributed by atoms with E-state index >= 15 is 0 Å². The van der Waals surface area contributed by atoms with E-state index in [4.69, 9.17) is 14.9 Å². The Morgan fingerprint density at radius 2 is 2.05 bits per heavy atom. The second-order valence-corrected chi connectivity index (χ2v) is 11.3. The van der Waals surface area contributed by atoms with Crippen LogP contribution < -0.4 is 20.7 Å². The largest absolute Gasteiger partial charge is 0.494 e. The summed E-state index contributed by atoms with van der Waals surface area (Å²) in [6.07, 6.45) is 8.49. The molecule has 1 aliphatic carbocycles. The van der Waals surface area contributed by atoms with Crippen molar-refractivity contribution in [2.45, 2.75) is 50.7 Å². The van der Waals surface area contributed by atoms with Gasteiger partial charge in [-0.2, -0.15) is 5.26 Å². The molecule has 222 valence electrons. The summed E-state index contributed by atoms with van der Waals surface area (Å²) in [6.45, 7) is 1.26. The van der Waals surface area contributed by atoms with E-state index in [2.05, 4.69) is 21.4 Å². The molecule has 2 aliphatic rings. The SMILES string of the molecule is COc1cc(C(=O)NC(CN)C2CCCCC2)cnc1-c1cc2nccc(-c3ccc(N4CC[C@@H](F)C4)c(C#N)c3)c2o1. The normalized spacial score (nSPS) is 18.0. The van der Waals surface area contributed by atoms with Crippen molar-refractivity contribution in [3.8, 4) is 34.4 Å². The van der Waals surface area contributed by atoms with Crippen LogP contribution in [0.2, 0.25) is 0 Å². The van der Waals surface area contributed by atoms with E-state index < -0.39 is 6.17 Å². The molecule has 1 saturated carbocycles. The van der Waals surface area contributed by atoms with Gasteiger partial charge in [0.05, 0.1) is 23.9 Å². The minimum Gasteiger partial charge on any atom is -0.494 e. The maximum absolute atomic E-state index is 13.8. The number of alkyl halides is 1. The number of hydrogen-bond donors (Lipinski definition) is 2. The fraction of sp³-hybridized carbons (Fsp3) is 0.394. The minimum absolute atomic E-state index is 0.0788. The van der Waals surface area contributed by atoms with Crippen molar-refractivity contribution in [1.29, 1.82) is 5.26 Å². The summed E-state index contributed by atoms with van der Waals surface area (Å²) in [5.41, 5.74) is 10.7. The number of nitrogens with zero attached hydrogens (tertiary/aromatic N) is 4. The third-order valence-electron chi connectivity index (χ3n) is 8.67. The van der Waals surface area contributed by atoms with Crippen molar-refractivity contribution in [2.75, 3.05) is 31.6 Å². The number of amides is 1. The van der Waals surface area contributed by atoms with Crippen molar-refractivity contribution in [1.82, 2.24) is 15.3 Å². The first kappa shape index (κ1) is 28.6. The highest BCUT2D eigenvalue weighted by Crippen LogP contribution is 2.38. The molecule has 43 heavy (non-hydrogen) atoms. The van der Waals surface area contributed by atoms with Gasteiger partial charge in [-0.1, -0.05) is 25.3 Å². The van der Waals surface area contributed by atoms with Crippen LogP contribution in [0.5, 0.6) is 5.75 Å². The number of ether oxygens (including phenoxy) is 1. The van der Waals surface area contributed by atoms with E-state index in [0.29, 0.717) is 71.4 Å². The molecule has 6 rings (SSSR count). The second kappa shape index (κ2) is 12.4. The number of nitrogens with two attached hydrogens (primary N) is 1. The summed E-state index contributed by atoms with van der Waals surface area (Å²) in [5.74, 6) is 0.976. The first-order chi connectivity index (χ1) is 21.0. The Bertz CT molecular complexity index is 1680. The smallest absolute Gasteiger partial charge is 0.253 e. The predicted molar refractivity (Wildman–Crippen MR) is 163 cm³/mol. The topological polar surface area (TPSA) is 130 Å². The van der Waals surface area contributed by atoms with Gasteiger partial charge in [0.2, 0.25) is 0 Å². The molecule has 4 heterocycles. The first-order valence-corrected chi connectivity index (χ1v) is 14.9. The quantitative estimate of drug-likeness (QED) is 0.274. The number of benzene rings is 1. The van der Waals surface area contributed by atoms with Crippen LogP contribution in [0.25, 0.3) is 33.7 Å². The number of nitrogens with one attached hydrogen (secondary N) is 1. The lowest BCUT2D eigenvalue weighted by atomic mass is 9.84. The zero-order valence-electron chi connectivity index (χ0n) is 24.2. The third-order valence-corrected chi connectivity index (χ3v) is 8.67. The molecule has 0 bridgehead atoms. The summed E-state index contributed by atoms with van der Waals surface area (Å²) in [5, 5.41) is 13.0. The molecule has 0 radical (unpaired) electrons. The zero-order valence-corrected chi connectivity index (χ0v) is 24.2. The average Bonchev–Trinajstić information content (AvgIpc) is 3.69. The highest BCUT2D eigenvalue weighted by Gasteiger charge is 2.26. The Kier molecular flexibility index (Phi) is 8.25. The Balaban J connectivity index is 1.28. The number of pyridine rings is 2. The first-order valence-electron chi connectivity index (χ1n) is 14.9. The number of anilines is 1. The van der Waals surface area contributed by atoms with Crippen LogP contribution >= 0.6 is 0 Å². The molecule has 4 aromatic rings. The molecule has 0 spiro atoms. The van der Waals surface area contributed by atoms with Gasteiger partial charge in [-0.3, -0.25) is 9.78 Å². The molecule has 1 unspecified atom stereocenters. The Labute approximate surface area is 249 Å². The van der Waals surface area contributed by atoms with Crippen LogP contribution in [0.1, 0.15) is 54.4 Å². The minimum atomic E-state index is -0.883. The summed E-state index contributed by atoms with van der Waals surface area (Å²) in [7, 11) is 1.52. The van der Waals surface area contributed by atoms with E-state index in [0.717, 1.165) is 29.7 Å². The van der Waals surface area contributed by atoms with Gasteiger partial charge in [0, 0.05) is 49.7 Å². The monoisotopic (exact) mass is 582 g/mol. The molecule has 3 aromatic heterocycles. The number of rotatable bonds is 8. The predicted octanol–water partition coefficient (Wildman–Crippen LogP) is 5.62. The van der Waals surface area contributed by atoms with Gasteiger partial charge in [-0.15, -0.1) is 0 Å². The van der Waals surface area contributed by atoms with Crippen molar-refractivity contribution in [3.05, 3.63) is 59.9 Å². The second-order valence-electron chi connectivity index (χ2n) is 11.3. The van der Waals surface area contributed by atoms with Gasteiger partial charge < -0.3 is 25.1 Å². The van der Waals surface area contributed by atoms with Crippen molar-refractivity contribution < 1.29 is 18.3 Å². The Morgan fingerprint density at radius 1 is 1.21 bits per heavy atom. The van der Waals surface area contributed by atoms with E-state index in [9.17, 15) is 14.4 Å². The standard InChI is InChI=1S/C33H35FN6O3/c1-42-29-14-23(33(41)39-27(17-36)20-5-3-2-4-6-20)18-38-31(29)30-15-26-32(43-30)25(9-11-37-26)21-7-8-28(22(13-21)16-35)40-12-10-24(34)19-40/h7-9,11,13-15,18,20,24,27H,2-6,10,12,17,19,36H2,1H3,(H,39,41)/t24-,27?/m1/s1. The zero-order chi connectivity index (χ0) is 29.9. The number of carbonyl (C=O) groups is 1. The molecule has 1 saturated heterocycles. The van der Waals surface area contributed by atoms with Crippen LogP contribution in [0.4, 0.5) is 10.1 Å². The molecule has 2 atom stereocenters. The Hall–Kier alpha value is -4.49. The van der Waals surface area contributed by atoms with Gasteiger partial charge in [-0.25, -0.2) is 9.37 Å². The van der Waals surface area contributed by atoms with Gasteiger partial charge in [0.1, 0.15) is 29.2 Å². The molecule has 1 aromatic carbocycles. The summed E-state index contributed by atoms with van der Waals surface area (Å²) in [4.78, 5) is 24.1. The van der Waals surface area contributed by atoms with E-state index in [1.165, 1.54) is 32.6 Å². The maximum Gasteiger partial charge on any atom is 0.253 e. The molecule has 2 fully saturated rings. The number of hydrogen-bond acceptors (Lipinski definition) is 8. The van der Waals surface area contributed by atoms with E-state index in [1.807, 2.05) is 23.1 Å². The maximum atomic E-state index is 13.8. The summed E-state index contributed by atoms with van der Waals surface area (Å²) in [6, 6.07) is 13.0. The lowest BCUT2D eigenvalue weighted by molar-refractivity contribution is 0.0915. The van der Waals surface area contributed by atoms with Gasteiger partial charge >= 0.3 is 0 Å². The lowest BCUT2D eigenvalue weighted by Gasteiger charge is -2.30. The molecular formula is C33H35FN6O3. The van der Waals surface area contributed by atoms with Crippen LogP contribution in [0, 0.1) is 17.2 Å². The number of nitriles is 1.